The summed E-state index contributed by atoms with van der Waals surface area (Å²) in [5, 5.41) is 9.28. The predicted octanol–water partition coefficient (Wildman–Crippen LogP) is 4.18. The van der Waals surface area contributed by atoms with E-state index >= 15 is 0 Å². The lowest BCUT2D eigenvalue weighted by Gasteiger charge is -2.24. The third-order valence-electron chi connectivity index (χ3n) is 4.74. The Balaban J connectivity index is 1.80. The van der Waals surface area contributed by atoms with Crippen molar-refractivity contribution < 1.29 is 0 Å². The normalized spacial score (nSPS) is 15.8. The second-order valence-electron chi connectivity index (χ2n) is 6.71. The molecule has 1 aliphatic rings. The van der Waals surface area contributed by atoms with Crippen LogP contribution in [0.15, 0.2) is 30.3 Å². The van der Waals surface area contributed by atoms with Crippen LogP contribution in [0.3, 0.4) is 0 Å². The molecule has 5 nitrogen and oxygen atoms in total. The van der Waals surface area contributed by atoms with Gasteiger partial charge in [0.2, 0.25) is 0 Å². The van der Waals surface area contributed by atoms with Crippen molar-refractivity contribution in [2.24, 2.45) is 0 Å². The van der Waals surface area contributed by atoms with Gasteiger partial charge in [0.25, 0.3) is 5.95 Å². The first-order chi connectivity index (χ1) is 11.7. The van der Waals surface area contributed by atoms with E-state index in [2.05, 4.69) is 16.5 Å². The van der Waals surface area contributed by atoms with Crippen LogP contribution in [0.5, 0.6) is 0 Å². The van der Waals surface area contributed by atoms with Gasteiger partial charge in [-0.1, -0.05) is 31.4 Å². The van der Waals surface area contributed by atoms with Crippen molar-refractivity contribution in [1.82, 2.24) is 19.7 Å². The summed E-state index contributed by atoms with van der Waals surface area (Å²) < 4.78 is 1.83. The van der Waals surface area contributed by atoms with Crippen LogP contribution in [0.25, 0.3) is 16.9 Å². The summed E-state index contributed by atoms with van der Waals surface area (Å²) in [5.74, 6) is 1.56. The zero-order valence-electron chi connectivity index (χ0n) is 14.3. The molecule has 0 saturated heterocycles. The number of rotatable bonds is 3. The zero-order chi connectivity index (χ0) is 16.5. The third kappa shape index (κ3) is 2.86. The van der Waals surface area contributed by atoms with Crippen LogP contribution in [-0.2, 0) is 0 Å². The Morgan fingerprint density at radius 2 is 1.83 bits per heavy atom. The highest BCUT2D eigenvalue weighted by molar-refractivity contribution is 5.89. The molecule has 1 saturated carbocycles. The topological polar surface area (TPSA) is 55.6 Å². The van der Waals surface area contributed by atoms with Gasteiger partial charge >= 0.3 is 0 Å². The van der Waals surface area contributed by atoms with E-state index in [1.54, 1.807) is 0 Å². The Kier molecular flexibility index (Phi) is 3.92. The number of hydrogen-bond donors (Lipinski definition) is 1. The van der Waals surface area contributed by atoms with E-state index < -0.39 is 0 Å². The van der Waals surface area contributed by atoms with Crippen molar-refractivity contribution in [3.05, 3.63) is 41.7 Å². The minimum Gasteiger partial charge on any atom is -0.367 e. The highest BCUT2D eigenvalue weighted by atomic mass is 15.4. The summed E-state index contributed by atoms with van der Waals surface area (Å²) in [5.41, 5.74) is 2.98. The SMILES string of the molecule is Cc1cc(C)n(-c2nc(NC3CCCCC3)c3ccccc3n2)n1. The molecule has 0 spiro atoms. The molecule has 124 valence electrons. The van der Waals surface area contributed by atoms with Crippen molar-refractivity contribution in [2.75, 3.05) is 5.32 Å². The molecule has 3 aromatic rings. The molecular formula is C19H23N5. The minimum absolute atomic E-state index is 0.505. The number of aryl methyl sites for hydroxylation is 2. The molecule has 0 atom stereocenters. The molecule has 1 N–H and O–H groups in total. The summed E-state index contributed by atoms with van der Waals surface area (Å²) >= 11 is 0. The molecule has 0 radical (unpaired) electrons. The third-order valence-corrected chi connectivity index (χ3v) is 4.74. The second-order valence-corrected chi connectivity index (χ2v) is 6.71. The Labute approximate surface area is 142 Å². The average Bonchev–Trinajstić information content (AvgIpc) is 2.94. The van der Waals surface area contributed by atoms with Gasteiger partial charge in [-0.15, -0.1) is 0 Å². The first kappa shape index (κ1) is 15.1. The first-order valence-electron chi connectivity index (χ1n) is 8.78. The molecule has 2 aromatic heterocycles. The number of nitrogens with zero attached hydrogens (tertiary/aromatic N) is 4. The lowest BCUT2D eigenvalue weighted by Crippen LogP contribution is -2.23. The maximum Gasteiger partial charge on any atom is 0.253 e. The van der Waals surface area contributed by atoms with Crippen LogP contribution in [0.2, 0.25) is 0 Å². The van der Waals surface area contributed by atoms with Crippen LogP contribution >= 0.6 is 0 Å². The molecule has 1 aliphatic carbocycles. The molecule has 0 aliphatic heterocycles. The van der Waals surface area contributed by atoms with Crippen molar-refractivity contribution >= 4 is 16.7 Å². The van der Waals surface area contributed by atoms with Gasteiger partial charge in [-0.05, 0) is 44.9 Å². The van der Waals surface area contributed by atoms with Gasteiger partial charge in [0, 0.05) is 17.1 Å². The Morgan fingerprint density at radius 3 is 2.58 bits per heavy atom. The van der Waals surface area contributed by atoms with Gasteiger partial charge in [-0.3, -0.25) is 0 Å². The standard InChI is InChI=1S/C19H23N5/c1-13-12-14(2)24(23-13)19-21-17-11-7-6-10-16(17)18(22-19)20-15-8-4-3-5-9-15/h6-7,10-12,15H,3-5,8-9H2,1-2H3,(H,20,21,22). The smallest absolute Gasteiger partial charge is 0.253 e. The number of benzene rings is 1. The number of anilines is 1. The number of para-hydroxylation sites is 1. The molecule has 0 bridgehead atoms. The molecule has 0 unspecified atom stereocenters. The molecule has 5 heteroatoms. The first-order valence-corrected chi connectivity index (χ1v) is 8.78. The second kappa shape index (κ2) is 6.23. The number of hydrogen-bond acceptors (Lipinski definition) is 4. The molecular weight excluding hydrogens is 298 g/mol. The van der Waals surface area contributed by atoms with E-state index in [1.165, 1.54) is 32.1 Å². The van der Waals surface area contributed by atoms with Crippen LogP contribution in [0.4, 0.5) is 5.82 Å². The predicted molar refractivity (Wildman–Crippen MR) is 96.6 cm³/mol. The van der Waals surface area contributed by atoms with E-state index in [9.17, 15) is 0 Å². The number of aromatic nitrogens is 4. The fourth-order valence-corrected chi connectivity index (χ4v) is 3.54. The van der Waals surface area contributed by atoms with Crippen LogP contribution in [-0.4, -0.2) is 25.8 Å². The maximum absolute atomic E-state index is 4.82. The van der Waals surface area contributed by atoms with Gasteiger partial charge in [-0.25, -0.2) is 9.67 Å². The molecule has 0 amide bonds. The monoisotopic (exact) mass is 321 g/mol. The largest absolute Gasteiger partial charge is 0.367 e. The molecule has 4 rings (SSSR count). The zero-order valence-corrected chi connectivity index (χ0v) is 14.3. The minimum atomic E-state index is 0.505. The summed E-state index contributed by atoms with van der Waals surface area (Å²) in [6.45, 7) is 4.03. The Morgan fingerprint density at radius 1 is 1.04 bits per heavy atom. The quantitative estimate of drug-likeness (QED) is 0.786. The van der Waals surface area contributed by atoms with Crippen molar-refractivity contribution in [1.29, 1.82) is 0 Å². The molecule has 1 aromatic carbocycles. The lowest BCUT2D eigenvalue weighted by atomic mass is 9.95. The highest BCUT2D eigenvalue weighted by Gasteiger charge is 2.17. The van der Waals surface area contributed by atoms with E-state index in [0.717, 1.165) is 28.1 Å². The summed E-state index contributed by atoms with van der Waals surface area (Å²) in [7, 11) is 0. The summed E-state index contributed by atoms with van der Waals surface area (Å²) in [6, 6.07) is 10.7. The fourth-order valence-electron chi connectivity index (χ4n) is 3.54. The highest BCUT2D eigenvalue weighted by Crippen LogP contribution is 2.26. The number of fused-ring (bicyclic) bond motifs is 1. The summed E-state index contributed by atoms with van der Waals surface area (Å²) in [6.07, 6.45) is 6.37. The fraction of sp³-hybridized carbons (Fsp3) is 0.421. The van der Waals surface area contributed by atoms with E-state index in [4.69, 9.17) is 9.97 Å². The van der Waals surface area contributed by atoms with Gasteiger partial charge in [0.1, 0.15) is 5.82 Å². The van der Waals surface area contributed by atoms with Gasteiger partial charge in [0.15, 0.2) is 0 Å². The lowest BCUT2D eigenvalue weighted by molar-refractivity contribution is 0.462. The molecule has 1 fully saturated rings. The average molecular weight is 321 g/mol. The van der Waals surface area contributed by atoms with E-state index in [1.807, 2.05) is 42.8 Å². The van der Waals surface area contributed by atoms with Crippen LogP contribution in [0, 0.1) is 13.8 Å². The van der Waals surface area contributed by atoms with Crippen molar-refractivity contribution in [3.63, 3.8) is 0 Å². The summed E-state index contributed by atoms with van der Waals surface area (Å²) in [4.78, 5) is 9.54. The van der Waals surface area contributed by atoms with Crippen LogP contribution in [0.1, 0.15) is 43.5 Å². The maximum atomic E-state index is 4.82. The van der Waals surface area contributed by atoms with Crippen molar-refractivity contribution in [3.8, 4) is 5.95 Å². The molecule has 2 heterocycles. The van der Waals surface area contributed by atoms with E-state index in [-0.39, 0.29) is 0 Å². The van der Waals surface area contributed by atoms with Crippen LogP contribution < -0.4 is 5.32 Å². The van der Waals surface area contributed by atoms with Gasteiger partial charge in [0.05, 0.1) is 11.2 Å². The Hall–Kier alpha value is -2.43. The van der Waals surface area contributed by atoms with Gasteiger partial charge in [-0.2, -0.15) is 10.1 Å². The number of nitrogens with one attached hydrogen (secondary N) is 1. The van der Waals surface area contributed by atoms with Crippen molar-refractivity contribution in [2.45, 2.75) is 52.0 Å². The van der Waals surface area contributed by atoms with E-state index in [0.29, 0.717) is 12.0 Å². The van der Waals surface area contributed by atoms with Gasteiger partial charge < -0.3 is 5.32 Å². The molecule has 24 heavy (non-hydrogen) atoms. The Bertz CT molecular complexity index is 861.